The molecule has 0 aliphatic carbocycles. The normalized spacial score (nSPS) is 9.90. The van der Waals surface area contributed by atoms with Gasteiger partial charge >= 0.3 is 0 Å². The summed E-state index contributed by atoms with van der Waals surface area (Å²) in [6.07, 6.45) is 3.56. The number of amides is 1. The maximum absolute atomic E-state index is 11.6. The Kier molecular flexibility index (Phi) is 4.41. The molecule has 1 heterocycles. The van der Waals surface area contributed by atoms with Gasteiger partial charge in [0.2, 0.25) is 0 Å². The highest BCUT2D eigenvalue weighted by molar-refractivity contribution is 6.32. The Labute approximate surface area is 122 Å². The molecule has 0 aliphatic heterocycles. The largest absolute Gasteiger partial charge is 0.319 e. The van der Waals surface area contributed by atoms with E-state index >= 15 is 0 Å². The van der Waals surface area contributed by atoms with Crippen LogP contribution >= 0.6 is 11.6 Å². The predicted molar refractivity (Wildman–Crippen MR) is 80.3 cm³/mol. The first-order valence-electron chi connectivity index (χ1n) is 6.16. The van der Waals surface area contributed by atoms with Crippen molar-refractivity contribution < 1.29 is 4.79 Å². The van der Waals surface area contributed by atoms with Gasteiger partial charge in [-0.05, 0) is 18.6 Å². The minimum absolute atomic E-state index is 0.284. The highest BCUT2D eigenvalue weighted by atomic mass is 35.5. The quantitative estimate of drug-likeness (QED) is 0.692. The van der Waals surface area contributed by atoms with Crippen LogP contribution in [0, 0.1) is 0 Å². The second-order valence-corrected chi connectivity index (χ2v) is 4.47. The Hall–Kier alpha value is -2.29. The maximum Gasteiger partial charge on any atom is 0.256 e. The number of nitrogens with zero attached hydrogens (tertiary/aromatic N) is 2. The van der Waals surface area contributed by atoms with Gasteiger partial charge in [-0.3, -0.25) is 4.79 Å². The molecule has 1 aromatic heterocycles. The first-order chi connectivity index (χ1) is 9.67. The van der Waals surface area contributed by atoms with Crippen molar-refractivity contribution in [3.8, 4) is 5.69 Å². The zero-order valence-corrected chi connectivity index (χ0v) is 11.8. The summed E-state index contributed by atoms with van der Waals surface area (Å²) >= 11 is 6.18. The van der Waals surface area contributed by atoms with Gasteiger partial charge in [0.1, 0.15) is 0 Å². The van der Waals surface area contributed by atoms with Crippen LogP contribution in [0.4, 0.5) is 5.69 Å². The van der Waals surface area contributed by atoms with Gasteiger partial charge in [-0.15, -0.1) is 5.73 Å². The molecule has 2 aromatic rings. The van der Waals surface area contributed by atoms with Crippen molar-refractivity contribution in [3.05, 3.63) is 59.6 Å². The van der Waals surface area contributed by atoms with E-state index in [0.29, 0.717) is 17.1 Å². The molecule has 0 spiro atoms. The van der Waals surface area contributed by atoms with E-state index in [-0.39, 0.29) is 5.91 Å². The molecule has 1 N–H and O–H groups in total. The Morgan fingerprint density at radius 2 is 2.30 bits per heavy atom. The molecule has 20 heavy (non-hydrogen) atoms. The van der Waals surface area contributed by atoms with Crippen LogP contribution in [0.25, 0.3) is 5.69 Å². The Bertz CT molecular complexity index is 684. The van der Waals surface area contributed by atoms with E-state index in [9.17, 15) is 4.79 Å². The molecule has 0 unspecified atom stereocenters. The fourth-order valence-electron chi connectivity index (χ4n) is 1.91. The van der Waals surface area contributed by atoms with Gasteiger partial charge in [0.25, 0.3) is 5.91 Å². The van der Waals surface area contributed by atoms with Crippen molar-refractivity contribution in [2.24, 2.45) is 0 Å². The van der Waals surface area contributed by atoms with Crippen LogP contribution in [0.3, 0.4) is 0 Å². The topological polar surface area (TPSA) is 46.9 Å². The summed E-state index contributed by atoms with van der Waals surface area (Å²) < 4.78 is 1.73. The first kappa shape index (κ1) is 14.1. The smallest absolute Gasteiger partial charge is 0.256 e. The van der Waals surface area contributed by atoms with Crippen LogP contribution in [-0.2, 0) is 11.2 Å². The van der Waals surface area contributed by atoms with Crippen LogP contribution in [0.2, 0.25) is 5.02 Å². The van der Waals surface area contributed by atoms with Crippen molar-refractivity contribution in [1.82, 2.24) is 9.78 Å². The highest BCUT2D eigenvalue weighted by Gasteiger charge is 2.13. The number of para-hydroxylation sites is 1. The third-order valence-corrected chi connectivity index (χ3v) is 3.10. The van der Waals surface area contributed by atoms with Crippen molar-refractivity contribution in [3.63, 3.8) is 0 Å². The predicted octanol–water partition coefficient (Wildman–Crippen LogP) is 3.37. The van der Waals surface area contributed by atoms with E-state index in [4.69, 9.17) is 11.6 Å². The van der Waals surface area contributed by atoms with Crippen molar-refractivity contribution in [1.29, 1.82) is 0 Å². The summed E-state index contributed by atoms with van der Waals surface area (Å²) in [5.74, 6) is -0.284. The molecule has 1 amide bonds. The number of hydrogen-bond acceptors (Lipinski definition) is 2. The third-order valence-electron chi connectivity index (χ3n) is 2.78. The first-order valence-corrected chi connectivity index (χ1v) is 6.53. The van der Waals surface area contributed by atoms with Gasteiger partial charge in [-0.25, -0.2) is 4.68 Å². The zero-order valence-electron chi connectivity index (χ0n) is 11.1. The number of anilines is 1. The average molecular weight is 288 g/mol. The van der Waals surface area contributed by atoms with E-state index in [1.807, 2.05) is 25.1 Å². The fraction of sp³-hybridized carbons (Fsp3) is 0.133. The lowest BCUT2D eigenvalue weighted by molar-refractivity contribution is -0.111. The summed E-state index contributed by atoms with van der Waals surface area (Å²) in [5.41, 5.74) is 4.76. The van der Waals surface area contributed by atoms with Gasteiger partial charge in [0, 0.05) is 6.08 Å². The van der Waals surface area contributed by atoms with E-state index in [1.165, 1.54) is 6.08 Å². The summed E-state index contributed by atoms with van der Waals surface area (Å²) in [6.45, 7) is 5.36. The summed E-state index contributed by atoms with van der Waals surface area (Å²) in [7, 11) is 0. The molecule has 5 heteroatoms. The number of carbonyl (C=O) groups excluding carboxylic acids is 1. The molecule has 0 atom stereocenters. The summed E-state index contributed by atoms with van der Waals surface area (Å²) in [6, 6.07) is 7.43. The minimum Gasteiger partial charge on any atom is -0.319 e. The van der Waals surface area contributed by atoms with Crippen LogP contribution in [0.15, 0.2) is 48.8 Å². The highest BCUT2D eigenvalue weighted by Crippen LogP contribution is 2.25. The molecule has 0 bridgehead atoms. The second kappa shape index (κ2) is 6.24. The minimum atomic E-state index is -0.284. The molecule has 0 fully saturated rings. The summed E-state index contributed by atoms with van der Waals surface area (Å²) in [5, 5.41) is 7.65. The van der Waals surface area contributed by atoms with Gasteiger partial charge in [0.05, 0.1) is 28.3 Å². The summed E-state index contributed by atoms with van der Waals surface area (Å²) in [4.78, 5) is 11.6. The number of carbonyl (C=O) groups is 1. The van der Waals surface area contributed by atoms with E-state index in [0.717, 1.165) is 11.4 Å². The van der Waals surface area contributed by atoms with Crippen molar-refractivity contribution in [2.75, 3.05) is 5.32 Å². The molecule has 0 saturated carbocycles. The zero-order chi connectivity index (χ0) is 14.5. The van der Waals surface area contributed by atoms with Crippen LogP contribution in [0.1, 0.15) is 12.6 Å². The van der Waals surface area contributed by atoms with Gasteiger partial charge in [0.15, 0.2) is 0 Å². The molecular formula is C15H14ClN3O. The Balaban J connectivity index is 2.42. The number of aromatic nitrogens is 2. The molecular weight excluding hydrogens is 274 g/mol. The van der Waals surface area contributed by atoms with E-state index in [2.05, 4.69) is 22.7 Å². The van der Waals surface area contributed by atoms with Crippen molar-refractivity contribution in [2.45, 2.75) is 13.3 Å². The van der Waals surface area contributed by atoms with Crippen LogP contribution in [-0.4, -0.2) is 15.7 Å². The Morgan fingerprint density at radius 3 is 2.95 bits per heavy atom. The van der Waals surface area contributed by atoms with Crippen LogP contribution < -0.4 is 5.32 Å². The van der Waals surface area contributed by atoms with Gasteiger partial charge in [-0.2, -0.15) is 5.10 Å². The van der Waals surface area contributed by atoms with E-state index < -0.39 is 0 Å². The number of hydrogen-bond donors (Lipinski definition) is 1. The lowest BCUT2D eigenvalue weighted by atomic mass is 10.2. The maximum atomic E-state index is 11.6. The third kappa shape index (κ3) is 2.82. The average Bonchev–Trinajstić information content (AvgIpc) is 2.82. The van der Waals surface area contributed by atoms with Gasteiger partial charge < -0.3 is 5.32 Å². The lowest BCUT2D eigenvalue weighted by Gasteiger charge is -2.09. The number of halogens is 1. The monoisotopic (exact) mass is 287 g/mol. The number of benzene rings is 1. The molecule has 4 nitrogen and oxygen atoms in total. The number of rotatable bonds is 4. The SMILES string of the molecule is C=C=CC(=O)Nc1cnn(-c2ccccc2Cl)c1CC. The Morgan fingerprint density at radius 1 is 1.55 bits per heavy atom. The molecule has 0 aliphatic rings. The van der Waals surface area contributed by atoms with Crippen LogP contribution in [0.5, 0.6) is 0 Å². The standard InChI is InChI=1S/C15H14ClN3O/c1-3-7-15(20)18-12-10-17-19(13(12)4-2)14-9-6-5-8-11(14)16/h5-10H,1,4H2,2H3,(H,18,20). The lowest BCUT2D eigenvalue weighted by Crippen LogP contribution is -2.10. The molecule has 2 rings (SSSR count). The molecule has 0 radical (unpaired) electrons. The molecule has 0 saturated heterocycles. The van der Waals surface area contributed by atoms with Crippen molar-refractivity contribution >= 4 is 23.2 Å². The molecule has 102 valence electrons. The van der Waals surface area contributed by atoms with Gasteiger partial charge in [-0.1, -0.05) is 37.2 Å². The fourth-order valence-corrected chi connectivity index (χ4v) is 2.13. The number of nitrogens with one attached hydrogen (secondary N) is 1. The molecule has 1 aromatic carbocycles. The second-order valence-electron chi connectivity index (χ2n) is 4.06. The van der Waals surface area contributed by atoms with E-state index in [1.54, 1.807) is 16.9 Å².